The van der Waals surface area contributed by atoms with Crippen molar-refractivity contribution in [2.24, 2.45) is 5.73 Å². The molecule has 3 atom stereocenters. The van der Waals surface area contributed by atoms with Gasteiger partial charge in [0.05, 0.1) is 11.6 Å². The third kappa shape index (κ3) is 3.52. The zero-order valence-electron chi connectivity index (χ0n) is 15.3. The van der Waals surface area contributed by atoms with Crippen LogP contribution < -0.4 is 10.6 Å². The van der Waals surface area contributed by atoms with Crippen LogP contribution in [0.5, 0.6) is 0 Å². The summed E-state index contributed by atoms with van der Waals surface area (Å²) in [6.45, 7) is 1.84. The fraction of sp³-hybridized carbons (Fsp3) is 0.381. The van der Waals surface area contributed by atoms with Crippen LogP contribution >= 0.6 is 0 Å². The normalized spacial score (nSPS) is 26.2. The molecule has 2 fully saturated rings. The zero-order valence-corrected chi connectivity index (χ0v) is 15.3. The van der Waals surface area contributed by atoms with Gasteiger partial charge >= 0.3 is 6.18 Å². The molecule has 0 spiro atoms. The second-order valence-electron chi connectivity index (χ2n) is 7.47. The molecule has 2 heterocycles. The van der Waals surface area contributed by atoms with Crippen molar-refractivity contribution in [3.63, 3.8) is 0 Å². The Labute approximate surface area is 161 Å². The van der Waals surface area contributed by atoms with Crippen LogP contribution in [-0.4, -0.2) is 42.5 Å². The molecule has 2 aromatic rings. The monoisotopic (exact) mass is 389 g/mol. The Morgan fingerprint density at radius 2 is 1.64 bits per heavy atom. The van der Waals surface area contributed by atoms with E-state index in [2.05, 4.69) is 17.0 Å². The Morgan fingerprint density at radius 1 is 0.964 bits per heavy atom. The van der Waals surface area contributed by atoms with Gasteiger partial charge in [-0.3, -0.25) is 9.69 Å². The minimum absolute atomic E-state index is 0.0460. The summed E-state index contributed by atoms with van der Waals surface area (Å²) < 4.78 is 38.3. The van der Waals surface area contributed by atoms with Gasteiger partial charge in [-0.05, 0) is 36.2 Å². The number of benzene rings is 2. The predicted molar refractivity (Wildman–Crippen MR) is 101 cm³/mol. The van der Waals surface area contributed by atoms with Gasteiger partial charge in [0.15, 0.2) is 0 Å². The number of carbonyl (C=O) groups excluding carboxylic acids is 1. The highest BCUT2D eigenvalue weighted by Gasteiger charge is 2.42. The van der Waals surface area contributed by atoms with Gasteiger partial charge in [0.1, 0.15) is 0 Å². The van der Waals surface area contributed by atoms with Crippen LogP contribution in [0.25, 0.3) is 0 Å². The number of alkyl halides is 3. The molecule has 2 aliphatic heterocycles. The maximum atomic E-state index is 12.9. The van der Waals surface area contributed by atoms with E-state index in [-0.39, 0.29) is 23.9 Å². The standard InChI is InChI=1S/C21H22F3N3O/c22-21(23,24)15-6-8-16(9-7-15)27-11-10-19(20(27)28)26-12-17(18(25)13-26)14-4-2-1-3-5-14/h1-9,17-19H,10-13,25H2/t17-,18+,19?/m0/s1. The molecule has 1 unspecified atom stereocenters. The Hall–Kier alpha value is -2.38. The number of hydrogen-bond donors (Lipinski definition) is 1. The van der Waals surface area contributed by atoms with Crippen molar-refractivity contribution in [2.45, 2.75) is 30.6 Å². The van der Waals surface area contributed by atoms with E-state index in [0.717, 1.165) is 12.1 Å². The summed E-state index contributed by atoms with van der Waals surface area (Å²) in [4.78, 5) is 16.6. The smallest absolute Gasteiger partial charge is 0.326 e. The molecule has 2 aromatic carbocycles. The van der Waals surface area contributed by atoms with Crippen molar-refractivity contribution >= 4 is 11.6 Å². The quantitative estimate of drug-likeness (QED) is 0.877. The molecule has 28 heavy (non-hydrogen) atoms. The van der Waals surface area contributed by atoms with Crippen LogP contribution in [0, 0.1) is 0 Å². The van der Waals surface area contributed by atoms with Gasteiger partial charge in [-0.25, -0.2) is 0 Å². The number of halogens is 3. The summed E-state index contributed by atoms with van der Waals surface area (Å²) in [6.07, 6.45) is -3.73. The van der Waals surface area contributed by atoms with Gasteiger partial charge in [0, 0.05) is 37.3 Å². The number of nitrogens with zero attached hydrogens (tertiary/aromatic N) is 2. The topological polar surface area (TPSA) is 49.6 Å². The first kappa shape index (κ1) is 19.0. The molecule has 7 heteroatoms. The number of likely N-dealkylation sites (tertiary alicyclic amines) is 1. The van der Waals surface area contributed by atoms with E-state index in [0.29, 0.717) is 31.7 Å². The second-order valence-corrected chi connectivity index (χ2v) is 7.47. The van der Waals surface area contributed by atoms with Crippen molar-refractivity contribution in [3.05, 3.63) is 65.7 Å². The summed E-state index contributed by atoms with van der Waals surface area (Å²) >= 11 is 0. The van der Waals surface area contributed by atoms with Gasteiger partial charge in [-0.15, -0.1) is 0 Å². The SMILES string of the molecule is N[C@@H]1CN(C2CCN(c3ccc(C(F)(F)F)cc3)C2=O)C[C@H]1c1ccccc1. The molecular formula is C21H22F3N3O. The molecule has 4 rings (SSSR count). The second kappa shape index (κ2) is 7.22. The van der Waals surface area contributed by atoms with Gasteiger partial charge in [0.2, 0.25) is 5.91 Å². The van der Waals surface area contributed by atoms with E-state index in [1.165, 1.54) is 17.7 Å². The van der Waals surface area contributed by atoms with Crippen molar-refractivity contribution in [1.82, 2.24) is 4.90 Å². The van der Waals surface area contributed by atoms with Crippen LogP contribution in [0.4, 0.5) is 18.9 Å². The first-order chi connectivity index (χ1) is 13.3. The lowest BCUT2D eigenvalue weighted by Crippen LogP contribution is -2.41. The van der Waals surface area contributed by atoms with Crippen molar-refractivity contribution in [1.29, 1.82) is 0 Å². The maximum Gasteiger partial charge on any atom is 0.416 e. The molecule has 1 amide bonds. The van der Waals surface area contributed by atoms with E-state index in [1.807, 2.05) is 18.2 Å². The maximum absolute atomic E-state index is 12.9. The molecule has 2 aliphatic rings. The van der Waals surface area contributed by atoms with Crippen LogP contribution in [0.1, 0.15) is 23.5 Å². The summed E-state index contributed by atoms with van der Waals surface area (Å²) in [6, 6.07) is 14.5. The van der Waals surface area contributed by atoms with E-state index < -0.39 is 11.7 Å². The van der Waals surface area contributed by atoms with Gasteiger partial charge < -0.3 is 10.6 Å². The van der Waals surface area contributed by atoms with Gasteiger partial charge in [-0.2, -0.15) is 13.2 Å². The molecule has 2 saturated heterocycles. The fourth-order valence-corrected chi connectivity index (χ4v) is 4.26. The third-order valence-electron chi connectivity index (χ3n) is 5.75. The Balaban J connectivity index is 1.46. The van der Waals surface area contributed by atoms with E-state index in [9.17, 15) is 18.0 Å². The number of carbonyl (C=O) groups is 1. The van der Waals surface area contributed by atoms with Crippen LogP contribution in [-0.2, 0) is 11.0 Å². The first-order valence-corrected chi connectivity index (χ1v) is 9.38. The van der Waals surface area contributed by atoms with E-state index in [1.54, 1.807) is 4.90 Å². The predicted octanol–water partition coefficient (Wildman–Crippen LogP) is 3.24. The van der Waals surface area contributed by atoms with E-state index in [4.69, 9.17) is 5.73 Å². The largest absolute Gasteiger partial charge is 0.416 e. The summed E-state index contributed by atoms with van der Waals surface area (Å²) in [5.41, 5.74) is 7.30. The highest BCUT2D eigenvalue weighted by atomic mass is 19.4. The molecule has 0 saturated carbocycles. The lowest BCUT2D eigenvalue weighted by molar-refractivity contribution is -0.137. The van der Waals surface area contributed by atoms with Crippen molar-refractivity contribution in [2.75, 3.05) is 24.5 Å². The molecule has 0 bridgehead atoms. The molecule has 0 aliphatic carbocycles. The number of anilines is 1. The van der Waals surface area contributed by atoms with Crippen molar-refractivity contribution < 1.29 is 18.0 Å². The average molecular weight is 389 g/mol. The van der Waals surface area contributed by atoms with Crippen LogP contribution in [0.3, 0.4) is 0 Å². The lowest BCUT2D eigenvalue weighted by atomic mass is 9.95. The minimum Gasteiger partial charge on any atom is -0.326 e. The van der Waals surface area contributed by atoms with E-state index >= 15 is 0 Å². The lowest BCUT2D eigenvalue weighted by Gasteiger charge is -2.23. The summed E-state index contributed by atoms with van der Waals surface area (Å²) in [5, 5.41) is 0. The third-order valence-corrected chi connectivity index (χ3v) is 5.75. The number of nitrogens with two attached hydrogens (primary N) is 1. The zero-order chi connectivity index (χ0) is 19.9. The average Bonchev–Trinajstić information content (AvgIpc) is 3.24. The van der Waals surface area contributed by atoms with Crippen LogP contribution in [0.2, 0.25) is 0 Å². The minimum atomic E-state index is -4.38. The highest BCUT2D eigenvalue weighted by molar-refractivity contribution is 5.99. The van der Waals surface area contributed by atoms with Crippen molar-refractivity contribution in [3.8, 4) is 0 Å². The van der Waals surface area contributed by atoms with Gasteiger partial charge in [-0.1, -0.05) is 30.3 Å². The molecular weight excluding hydrogens is 367 g/mol. The Morgan fingerprint density at radius 3 is 2.29 bits per heavy atom. The molecule has 4 nitrogen and oxygen atoms in total. The first-order valence-electron chi connectivity index (χ1n) is 9.38. The Kier molecular flexibility index (Phi) is 4.89. The summed E-state index contributed by atoms with van der Waals surface area (Å²) in [5.74, 6) is 0.106. The molecule has 0 aromatic heterocycles. The molecule has 148 valence electrons. The fourth-order valence-electron chi connectivity index (χ4n) is 4.26. The number of hydrogen-bond acceptors (Lipinski definition) is 3. The molecule has 0 radical (unpaired) electrons. The number of rotatable bonds is 3. The van der Waals surface area contributed by atoms with Crippen LogP contribution in [0.15, 0.2) is 54.6 Å². The molecule has 2 N–H and O–H groups in total. The Bertz CT molecular complexity index is 838. The van der Waals surface area contributed by atoms with Gasteiger partial charge in [0.25, 0.3) is 0 Å². The number of amides is 1. The summed E-state index contributed by atoms with van der Waals surface area (Å²) in [7, 11) is 0. The highest BCUT2D eigenvalue weighted by Crippen LogP contribution is 2.34.